The molecule has 1 heterocycles. The second-order valence-corrected chi connectivity index (χ2v) is 7.11. The van der Waals surface area contributed by atoms with Gasteiger partial charge in [-0.25, -0.2) is 18.1 Å². The fraction of sp³-hybridized carbons (Fsp3) is 0.182. The number of hydrogen-bond acceptors (Lipinski definition) is 4. The van der Waals surface area contributed by atoms with Crippen molar-refractivity contribution in [2.75, 3.05) is 0 Å². The molecular formula is C11H11BrN2O2S2. The highest BCUT2D eigenvalue weighted by Crippen LogP contribution is 2.23. The van der Waals surface area contributed by atoms with E-state index in [0.29, 0.717) is 4.47 Å². The van der Waals surface area contributed by atoms with E-state index in [2.05, 4.69) is 25.6 Å². The number of halogens is 1. The summed E-state index contributed by atoms with van der Waals surface area (Å²) < 4.78 is 27.5. The Labute approximate surface area is 118 Å². The zero-order valence-corrected chi connectivity index (χ0v) is 12.7. The molecule has 2 rings (SSSR count). The van der Waals surface area contributed by atoms with Crippen LogP contribution < -0.4 is 4.72 Å². The highest BCUT2D eigenvalue weighted by Gasteiger charge is 2.21. The third-order valence-electron chi connectivity index (χ3n) is 2.28. The predicted molar refractivity (Wildman–Crippen MR) is 75.0 cm³/mol. The largest absolute Gasteiger partial charge is 0.248 e. The Kier molecular flexibility index (Phi) is 4.16. The number of thiazole rings is 1. The second kappa shape index (κ2) is 5.48. The summed E-state index contributed by atoms with van der Waals surface area (Å²) >= 11 is 4.66. The van der Waals surface area contributed by atoms with Crippen molar-refractivity contribution in [3.05, 3.63) is 45.3 Å². The third-order valence-corrected chi connectivity index (χ3v) is 5.79. The van der Waals surface area contributed by atoms with Crippen LogP contribution in [-0.4, -0.2) is 13.4 Å². The molecule has 1 N–H and O–H groups in total. The van der Waals surface area contributed by atoms with E-state index >= 15 is 0 Å². The molecule has 0 radical (unpaired) electrons. The molecule has 1 aromatic heterocycles. The van der Waals surface area contributed by atoms with Gasteiger partial charge < -0.3 is 0 Å². The lowest BCUT2D eigenvalue weighted by molar-refractivity contribution is 0.566. The number of rotatable bonds is 4. The predicted octanol–water partition coefficient (Wildman–Crippen LogP) is 2.95. The Morgan fingerprint density at radius 1 is 1.39 bits per heavy atom. The molecule has 1 aromatic carbocycles. The van der Waals surface area contributed by atoms with E-state index in [1.165, 1.54) is 11.3 Å². The van der Waals surface area contributed by atoms with Crippen molar-refractivity contribution in [2.24, 2.45) is 0 Å². The van der Waals surface area contributed by atoms with E-state index in [9.17, 15) is 8.42 Å². The van der Waals surface area contributed by atoms with E-state index in [1.807, 2.05) is 5.38 Å². The summed E-state index contributed by atoms with van der Waals surface area (Å²) in [6.07, 6.45) is 1.66. The normalized spacial score (nSPS) is 13.4. The number of hydrogen-bond donors (Lipinski definition) is 1. The summed E-state index contributed by atoms with van der Waals surface area (Å²) in [4.78, 5) is 4.33. The molecule has 0 spiro atoms. The van der Waals surface area contributed by atoms with Crippen molar-refractivity contribution in [3.63, 3.8) is 0 Å². The molecule has 0 fully saturated rings. The Bertz CT molecular complexity index is 626. The van der Waals surface area contributed by atoms with Gasteiger partial charge in [0.2, 0.25) is 10.0 Å². The van der Waals surface area contributed by atoms with Crippen LogP contribution in [0.1, 0.15) is 18.0 Å². The zero-order valence-electron chi connectivity index (χ0n) is 9.50. The van der Waals surface area contributed by atoms with Crippen LogP contribution in [0.15, 0.2) is 45.2 Å². The Morgan fingerprint density at radius 2 is 2.11 bits per heavy atom. The van der Waals surface area contributed by atoms with Gasteiger partial charge in [0.05, 0.1) is 10.9 Å². The summed E-state index contributed by atoms with van der Waals surface area (Å²) in [5, 5.41) is 2.56. The maximum atomic E-state index is 12.2. The van der Waals surface area contributed by atoms with Gasteiger partial charge in [0.1, 0.15) is 5.01 Å². The molecule has 96 valence electrons. The number of sulfonamides is 1. The molecule has 1 unspecified atom stereocenters. The van der Waals surface area contributed by atoms with Crippen molar-refractivity contribution in [3.8, 4) is 0 Å². The Hall–Kier alpha value is -0.760. The molecule has 7 heteroatoms. The third kappa shape index (κ3) is 2.97. The van der Waals surface area contributed by atoms with Gasteiger partial charge in [0.25, 0.3) is 0 Å². The van der Waals surface area contributed by atoms with Crippen molar-refractivity contribution >= 4 is 37.3 Å². The minimum Gasteiger partial charge on any atom is -0.248 e. The quantitative estimate of drug-likeness (QED) is 0.925. The summed E-state index contributed by atoms with van der Waals surface area (Å²) in [5.41, 5.74) is 0. The molecule has 0 saturated heterocycles. The minimum absolute atomic E-state index is 0.230. The van der Waals surface area contributed by atoms with E-state index < -0.39 is 10.0 Å². The first-order chi connectivity index (χ1) is 8.50. The lowest BCUT2D eigenvalue weighted by atomic mass is 10.4. The van der Waals surface area contributed by atoms with Crippen LogP contribution in [0.4, 0.5) is 0 Å². The van der Waals surface area contributed by atoms with Gasteiger partial charge >= 0.3 is 0 Å². The Balaban J connectivity index is 2.26. The fourth-order valence-electron chi connectivity index (χ4n) is 1.46. The topological polar surface area (TPSA) is 59.1 Å². The summed E-state index contributed by atoms with van der Waals surface area (Å²) in [7, 11) is -3.55. The van der Waals surface area contributed by atoms with Crippen LogP contribution in [0.3, 0.4) is 0 Å². The summed E-state index contributed by atoms with van der Waals surface area (Å²) in [6.45, 7) is 1.77. The van der Waals surface area contributed by atoms with Gasteiger partial charge in [-0.3, -0.25) is 0 Å². The number of nitrogens with zero attached hydrogens (tertiary/aromatic N) is 1. The van der Waals surface area contributed by atoms with Crippen LogP contribution in [-0.2, 0) is 10.0 Å². The van der Waals surface area contributed by atoms with Crippen molar-refractivity contribution in [1.29, 1.82) is 0 Å². The van der Waals surface area contributed by atoms with Crippen molar-refractivity contribution in [1.82, 2.24) is 9.71 Å². The van der Waals surface area contributed by atoms with E-state index in [1.54, 1.807) is 37.4 Å². The molecule has 2 aromatic rings. The highest BCUT2D eigenvalue weighted by molar-refractivity contribution is 9.10. The maximum absolute atomic E-state index is 12.2. The molecule has 0 saturated carbocycles. The van der Waals surface area contributed by atoms with Gasteiger partial charge in [-0.15, -0.1) is 11.3 Å². The second-order valence-electron chi connectivity index (χ2n) is 3.64. The highest BCUT2D eigenvalue weighted by atomic mass is 79.9. The van der Waals surface area contributed by atoms with E-state index in [0.717, 1.165) is 5.01 Å². The molecule has 18 heavy (non-hydrogen) atoms. The van der Waals surface area contributed by atoms with Gasteiger partial charge in [-0.05, 0) is 35.0 Å². The average Bonchev–Trinajstić information content (AvgIpc) is 2.82. The van der Waals surface area contributed by atoms with E-state index in [4.69, 9.17) is 0 Å². The molecule has 0 aliphatic rings. The van der Waals surface area contributed by atoms with Gasteiger partial charge in [-0.1, -0.05) is 12.1 Å². The number of benzene rings is 1. The zero-order chi connectivity index (χ0) is 13.2. The van der Waals surface area contributed by atoms with Crippen LogP contribution in [0, 0.1) is 0 Å². The maximum Gasteiger partial charge on any atom is 0.242 e. The van der Waals surface area contributed by atoms with Crippen LogP contribution in [0.5, 0.6) is 0 Å². The fourth-order valence-corrected chi connectivity index (χ4v) is 4.39. The molecule has 0 aliphatic heterocycles. The molecule has 0 amide bonds. The first-order valence-electron chi connectivity index (χ1n) is 5.17. The number of nitrogens with one attached hydrogen (secondary N) is 1. The molecule has 1 atom stereocenters. The summed E-state index contributed by atoms with van der Waals surface area (Å²) in [6, 6.07) is 6.37. The van der Waals surface area contributed by atoms with Crippen molar-refractivity contribution < 1.29 is 8.42 Å². The van der Waals surface area contributed by atoms with E-state index in [-0.39, 0.29) is 10.9 Å². The smallest absolute Gasteiger partial charge is 0.242 e. The van der Waals surface area contributed by atoms with Gasteiger partial charge in [-0.2, -0.15) is 0 Å². The minimum atomic E-state index is -3.55. The molecule has 0 bridgehead atoms. The monoisotopic (exact) mass is 346 g/mol. The first-order valence-corrected chi connectivity index (χ1v) is 8.32. The van der Waals surface area contributed by atoms with Gasteiger partial charge in [0, 0.05) is 16.0 Å². The van der Waals surface area contributed by atoms with Crippen LogP contribution >= 0.6 is 27.3 Å². The SMILES string of the molecule is CC(NS(=O)(=O)c1ccccc1Br)c1nccs1. The van der Waals surface area contributed by atoms with Gasteiger partial charge in [0.15, 0.2) is 0 Å². The standard InChI is InChI=1S/C11H11BrN2O2S2/c1-8(11-13-6-7-17-11)14-18(15,16)10-5-3-2-4-9(10)12/h2-8,14H,1H3. The molecule has 4 nitrogen and oxygen atoms in total. The van der Waals surface area contributed by atoms with Crippen LogP contribution in [0.2, 0.25) is 0 Å². The van der Waals surface area contributed by atoms with Crippen LogP contribution in [0.25, 0.3) is 0 Å². The number of aromatic nitrogens is 1. The Morgan fingerprint density at radius 3 is 2.72 bits per heavy atom. The molecular weight excluding hydrogens is 336 g/mol. The molecule has 0 aliphatic carbocycles. The first kappa shape index (κ1) is 13.7. The lowest BCUT2D eigenvalue weighted by Gasteiger charge is -2.12. The average molecular weight is 347 g/mol. The summed E-state index contributed by atoms with van der Waals surface area (Å²) in [5.74, 6) is 0. The van der Waals surface area contributed by atoms with Crippen molar-refractivity contribution in [2.45, 2.75) is 17.9 Å². The lowest BCUT2D eigenvalue weighted by Crippen LogP contribution is -2.27.